The zero-order valence-corrected chi connectivity index (χ0v) is 18.7. The fraction of sp³-hybridized carbons (Fsp3) is 0.0769. The van der Waals surface area contributed by atoms with Gasteiger partial charge in [0.25, 0.3) is 5.69 Å². The second-order valence-electron chi connectivity index (χ2n) is 7.95. The number of H-pyrrole nitrogens is 1. The Balaban J connectivity index is 1.63. The standard InChI is InChI=1S/C26H21N7O2/c34-33(35)21-15-24(22-13-7-8-14-23(22)26-28-30-31-29-26)27-25(16-21)32(17-19-9-3-1-4-10-19)18-20-11-5-2-6-12-20/h1-16H,17-18H2,(H,28,29,30,31). The lowest BCUT2D eigenvalue weighted by Crippen LogP contribution is -2.23. The molecule has 0 unspecified atom stereocenters. The van der Waals surface area contributed by atoms with E-state index in [0.717, 1.165) is 11.1 Å². The molecule has 172 valence electrons. The van der Waals surface area contributed by atoms with E-state index in [9.17, 15) is 10.1 Å². The predicted octanol–water partition coefficient (Wildman–Crippen LogP) is 5.04. The molecule has 0 spiro atoms. The fourth-order valence-corrected chi connectivity index (χ4v) is 3.92. The molecule has 2 aromatic heterocycles. The van der Waals surface area contributed by atoms with E-state index < -0.39 is 4.92 Å². The summed E-state index contributed by atoms with van der Waals surface area (Å²) in [6, 6.07) is 30.4. The maximum atomic E-state index is 11.9. The van der Waals surface area contributed by atoms with Gasteiger partial charge in [-0.1, -0.05) is 84.9 Å². The molecule has 9 heteroatoms. The third-order valence-electron chi connectivity index (χ3n) is 5.57. The molecule has 0 radical (unpaired) electrons. The Labute approximate surface area is 201 Å². The van der Waals surface area contributed by atoms with E-state index in [1.807, 2.05) is 89.8 Å². The van der Waals surface area contributed by atoms with Crippen LogP contribution < -0.4 is 4.90 Å². The molecule has 5 aromatic rings. The molecule has 0 fully saturated rings. The number of tetrazole rings is 1. The lowest BCUT2D eigenvalue weighted by molar-refractivity contribution is -0.384. The van der Waals surface area contributed by atoms with Gasteiger partial charge in [-0.05, 0) is 21.6 Å². The SMILES string of the molecule is O=[N+]([O-])c1cc(-c2ccccc2-c2nnn[nH]2)nc(N(Cc2ccccc2)Cc2ccccc2)c1. The molecular formula is C26H21N7O2. The first-order chi connectivity index (χ1) is 17.2. The third kappa shape index (κ3) is 5.03. The van der Waals surface area contributed by atoms with Gasteiger partial charge in [0.2, 0.25) is 0 Å². The minimum Gasteiger partial charge on any atom is -0.348 e. The molecule has 0 bridgehead atoms. The van der Waals surface area contributed by atoms with Crippen molar-refractivity contribution in [2.75, 3.05) is 4.90 Å². The first kappa shape index (κ1) is 21.9. The average Bonchev–Trinajstić information content (AvgIpc) is 3.44. The van der Waals surface area contributed by atoms with Crippen LogP contribution in [-0.4, -0.2) is 30.5 Å². The normalized spacial score (nSPS) is 10.7. The summed E-state index contributed by atoms with van der Waals surface area (Å²) >= 11 is 0. The van der Waals surface area contributed by atoms with Crippen molar-refractivity contribution >= 4 is 11.5 Å². The Morgan fingerprint density at radius 1 is 0.800 bits per heavy atom. The van der Waals surface area contributed by atoms with Crippen LogP contribution in [0.3, 0.4) is 0 Å². The number of nitro groups is 1. The molecule has 0 aliphatic rings. The number of hydrogen-bond donors (Lipinski definition) is 1. The lowest BCUT2D eigenvalue weighted by Gasteiger charge is -2.25. The largest absolute Gasteiger partial charge is 0.348 e. The zero-order valence-electron chi connectivity index (χ0n) is 18.7. The van der Waals surface area contributed by atoms with Gasteiger partial charge in [-0.25, -0.2) is 10.1 Å². The number of benzene rings is 3. The van der Waals surface area contributed by atoms with Gasteiger partial charge in [0.15, 0.2) is 5.82 Å². The van der Waals surface area contributed by atoms with Gasteiger partial charge in [0.05, 0.1) is 16.7 Å². The molecule has 0 aliphatic heterocycles. The van der Waals surface area contributed by atoms with Crippen LogP contribution in [-0.2, 0) is 13.1 Å². The highest BCUT2D eigenvalue weighted by Crippen LogP contribution is 2.33. The van der Waals surface area contributed by atoms with Crippen molar-refractivity contribution in [3.05, 3.63) is 118 Å². The summed E-state index contributed by atoms with van der Waals surface area (Å²) in [6.07, 6.45) is 0. The second-order valence-corrected chi connectivity index (χ2v) is 7.95. The molecule has 0 atom stereocenters. The van der Waals surface area contributed by atoms with Crippen LogP contribution in [0.25, 0.3) is 22.6 Å². The van der Waals surface area contributed by atoms with Gasteiger partial charge < -0.3 is 4.90 Å². The molecule has 5 rings (SSSR count). The topological polar surface area (TPSA) is 114 Å². The number of hydrogen-bond acceptors (Lipinski definition) is 7. The predicted molar refractivity (Wildman–Crippen MR) is 132 cm³/mol. The second kappa shape index (κ2) is 9.92. The Hall–Kier alpha value is -4.92. The van der Waals surface area contributed by atoms with Gasteiger partial charge in [0, 0.05) is 30.3 Å². The van der Waals surface area contributed by atoms with Crippen LogP contribution >= 0.6 is 0 Å². The summed E-state index contributed by atoms with van der Waals surface area (Å²) in [4.78, 5) is 18.4. The molecule has 0 amide bonds. The van der Waals surface area contributed by atoms with Crippen LogP contribution in [0.2, 0.25) is 0 Å². The van der Waals surface area contributed by atoms with Gasteiger partial charge in [-0.2, -0.15) is 0 Å². The van der Waals surface area contributed by atoms with E-state index in [2.05, 4.69) is 20.6 Å². The number of rotatable bonds is 8. The fourth-order valence-electron chi connectivity index (χ4n) is 3.92. The first-order valence-electron chi connectivity index (χ1n) is 11.0. The number of pyridine rings is 1. The maximum absolute atomic E-state index is 11.9. The minimum atomic E-state index is -0.392. The van der Waals surface area contributed by atoms with E-state index in [1.165, 1.54) is 12.1 Å². The third-order valence-corrected chi connectivity index (χ3v) is 5.57. The summed E-state index contributed by atoms with van der Waals surface area (Å²) in [7, 11) is 0. The number of nitrogens with zero attached hydrogens (tertiary/aromatic N) is 6. The number of anilines is 1. The summed E-state index contributed by atoms with van der Waals surface area (Å²) in [5.41, 5.74) is 3.97. The van der Waals surface area contributed by atoms with Gasteiger partial charge in [-0.3, -0.25) is 10.1 Å². The Morgan fingerprint density at radius 3 is 1.97 bits per heavy atom. The maximum Gasteiger partial charge on any atom is 0.275 e. The lowest BCUT2D eigenvalue weighted by atomic mass is 10.0. The van der Waals surface area contributed by atoms with Crippen molar-refractivity contribution in [3.8, 4) is 22.6 Å². The molecule has 0 saturated carbocycles. The van der Waals surface area contributed by atoms with E-state index in [-0.39, 0.29) is 5.69 Å². The smallest absolute Gasteiger partial charge is 0.275 e. The highest BCUT2D eigenvalue weighted by molar-refractivity contribution is 5.80. The van der Waals surface area contributed by atoms with Crippen molar-refractivity contribution in [2.45, 2.75) is 13.1 Å². The summed E-state index contributed by atoms with van der Waals surface area (Å²) in [5, 5.41) is 26.0. The molecule has 2 heterocycles. The zero-order chi connectivity index (χ0) is 24.0. The van der Waals surface area contributed by atoms with Gasteiger partial charge in [-0.15, -0.1) is 5.10 Å². The van der Waals surface area contributed by atoms with Crippen LogP contribution in [0.15, 0.2) is 97.1 Å². The van der Waals surface area contributed by atoms with Crippen LogP contribution in [0.1, 0.15) is 11.1 Å². The summed E-state index contributed by atoms with van der Waals surface area (Å²) < 4.78 is 0. The molecule has 3 aromatic carbocycles. The molecule has 9 nitrogen and oxygen atoms in total. The molecule has 0 aliphatic carbocycles. The van der Waals surface area contributed by atoms with E-state index >= 15 is 0 Å². The van der Waals surface area contributed by atoms with Crippen molar-refractivity contribution < 1.29 is 4.92 Å². The van der Waals surface area contributed by atoms with E-state index in [1.54, 1.807) is 0 Å². The molecule has 0 saturated heterocycles. The molecular weight excluding hydrogens is 442 g/mol. The van der Waals surface area contributed by atoms with Crippen LogP contribution in [0, 0.1) is 10.1 Å². The molecule has 1 N–H and O–H groups in total. The van der Waals surface area contributed by atoms with Crippen molar-refractivity contribution in [1.82, 2.24) is 25.6 Å². The van der Waals surface area contributed by atoms with Gasteiger partial charge >= 0.3 is 0 Å². The summed E-state index contributed by atoms with van der Waals surface area (Å²) in [6.45, 7) is 1.08. The van der Waals surface area contributed by atoms with Gasteiger partial charge in [0.1, 0.15) is 5.82 Å². The van der Waals surface area contributed by atoms with Crippen LogP contribution in [0.5, 0.6) is 0 Å². The number of nitrogens with one attached hydrogen (secondary N) is 1. The molecule has 35 heavy (non-hydrogen) atoms. The van der Waals surface area contributed by atoms with E-state index in [4.69, 9.17) is 4.98 Å². The minimum absolute atomic E-state index is 0.0402. The number of aromatic amines is 1. The quantitative estimate of drug-likeness (QED) is 0.253. The van der Waals surface area contributed by atoms with E-state index in [0.29, 0.717) is 41.6 Å². The first-order valence-corrected chi connectivity index (χ1v) is 11.0. The number of aromatic nitrogens is 5. The highest BCUT2D eigenvalue weighted by atomic mass is 16.6. The Bertz CT molecular complexity index is 1380. The van der Waals surface area contributed by atoms with Crippen LogP contribution in [0.4, 0.5) is 11.5 Å². The van der Waals surface area contributed by atoms with Crippen molar-refractivity contribution in [1.29, 1.82) is 0 Å². The highest BCUT2D eigenvalue weighted by Gasteiger charge is 2.20. The Morgan fingerprint density at radius 2 is 1.40 bits per heavy atom. The van der Waals surface area contributed by atoms with Crippen molar-refractivity contribution in [2.24, 2.45) is 0 Å². The average molecular weight is 464 g/mol. The monoisotopic (exact) mass is 463 g/mol. The van der Waals surface area contributed by atoms with Crippen molar-refractivity contribution in [3.63, 3.8) is 0 Å². The Kier molecular flexibility index (Phi) is 6.21. The summed E-state index contributed by atoms with van der Waals surface area (Å²) in [5.74, 6) is 0.966.